The van der Waals surface area contributed by atoms with Crippen LogP contribution in [0.4, 0.5) is 0 Å². The summed E-state index contributed by atoms with van der Waals surface area (Å²) in [5.74, 6) is 0.778. The molecule has 1 unspecified atom stereocenters. The second-order valence-electron chi connectivity index (χ2n) is 12.0. The zero-order chi connectivity index (χ0) is 31.1. The van der Waals surface area contributed by atoms with Crippen LogP contribution in [0.3, 0.4) is 0 Å². The number of nitrogens with zero attached hydrogens (tertiary/aromatic N) is 3. The second-order valence-corrected chi connectivity index (χ2v) is 12.0. The van der Waals surface area contributed by atoms with Crippen molar-refractivity contribution >= 4 is 16.8 Å². The van der Waals surface area contributed by atoms with Crippen molar-refractivity contribution in [3.05, 3.63) is 106 Å². The van der Waals surface area contributed by atoms with E-state index < -0.39 is 0 Å². The van der Waals surface area contributed by atoms with Crippen molar-refractivity contribution in [1.29, 1.82) is 0 Å². The third kappa shape index (κ3) is 8.90. The van der Waals surface area contributed by atoms with E-state index in [2.05, 4.69) is 45.0 Å². The number of fused-ring (bicyclic) bond motifs is 1. The SMILES string of the molecule is CCCCCCCCCCCC(=O)N(CCc1ccccc1)C(CC)c1nc2ccccc2c(=O)n1-c1ccc(CC)cc1. The molecule has 4 rings (SSSR count). The van der Waals surface area contributed by atoms with Gasteiger partial charge >= 0.3 is 0 Å². The quantitative estimate of drug-likeness (QED) is 0.108. The van der Waals surface area contributed by atoms with Crippen molar-refractivity contribution < 1.29 is 4.79 Å². The van der Waals surface area contributed by atoms with E-state index >= 15 is 0 Å². The second kappa shape index (κ2) is 17.5. The molecule has 0 saturated heterocycles. The maximum absolute atomic E-state index is 14.1. The lowest BCUT2D eigenvalue weighted by Crippen LogP contribution is -2.39. The number of aryl methyl sites for hydroxylation is 1. The number of para-hydroxylation sites is 1. The molecule has 0 N–H and O–H groups in total. The third-order valence-corrected chi connectivity index (χ3v) is 8.76. The van der Waals surface area contributed by atoms with Crippen molar-refractivity contribution in [3.8, 4) is 5.69 Å². The Morgan fingerprint density at radius 2 is 1.39 bits per heavy atom. The molecule has 1 aromatic heterocycles. The topological polar surface area (TPSA) is 55.2 Å². The number of aromatic nitrogens is 2. The van der Waals surface area contributed by atoms with Gasteiger partial charge in [-0.1, -0.05) is 127 Å². The predicted molar refractivity (Wildman–Crippen MR) is 183 cm³/mol. The van der Waals surface area contributed by atoms with Gasteiger partial charge in [-0.2, -0.15) is 0 Å². The summed E-state index contributed by atoms with van der Waals surface area (Å²) in [4.78, 5) is 35.2. The zero-order valence-electron chi connectivity index (χ0n) is 27.1. The van der Waals surface area contributed by atoms with E-state index in [0.717, 1.165) is 31.4 Å². The largest absolute Gasteiger partial charge is 0.332 e. The van der Waals surface area contributed by atoms with Crippen molar-refractivity contribution in [2.24, 2.45) is 0 Å². The van der Waals surface area contributed by atoms with Crippen LogP contribution in [0.5, 0.6) is 0 Å². The number of rotatable bonds is 18. The summed E-state index contributed by atoms with van der Waals surface area (Å²) in [6, 6.07) is 25.7. The van der Waals surface area contributed by atoms with Gasteiger partial charge in [-0.05, 0) is 61.1 Å². The Kier molecular flexibility index (Phi) is 13.2. The molecule has 0 aliphatic rings. The van der Waals surface area contributed by atoms with Crippen LogP contribution in [0, 0.1) is 0 Å². The van der Waals surface area contributed by atoms with Gasteiger partial charge in [0.05, 0.1) is 22.6 Å². The van der Waals surface area contributed by atoms with Crippen LogP contribution < -0.4 is 5.56 Å². The average molecular weight is 594 g/mol. The Bertz CT molecular complexity index is 1490. The van der Waals surface area contributed by atoms with Crippen molar-refractivity contribution in [2.45, 2.75) is 110 Å². The number of hydrogen-bond donors (Lipinski definition) is 0. The van der Waals surface area contributed by atoms with E-state index in [1.54, 1.807) is 4.57 Å². The maximum Gasteiger partial charge on any atom is 0.266 e. The van der Waals surface area contributed by atoms with Crippen LogP contribution in [0.25, 0.3) is 16.6 Å². The highest BCUT2D eigenvalue weighted by atomic mass is 16.2. The molecule has 234 valence electrons. The molecule has 0 spiro atoms. The lowest BCUT2D eigenvalue weighted by Gasteiger charge is -2.33. The van der Waals surface area contributed by atoms with Gasteiger partial charge < -0.3 is 4.90 Å². The van der Waals surface area contributed by atoms with Crippen molar-refractivity contribution in [2.75, 3.05) is 6.54 Å². The molecule has 0 aliphatic heterocycles. The molecule has 0 aliphatic carbocycles. The summed E-state index contributed by atoms with van der Waals surface area (Å²) in [6.07, 6.45) is 13.8. The first kappa shape index (κ1) is 33.2. The highest BCUT2D eigenvalue weighted by Crippen LogP contribution is 2.28. The van der Waals surface area contributed by atoms with Gasteiger partial charge in [0.1, 0.15) is 5.82 Å². The highest BCUT2D eigenvalue weighted by molar-refractivity contribution is 5.79. The monoisotopic (exact) mass is 593 g/mol. The number of hydrogen-bond acceptors (Lipinski definition) is 3. The normalized spacial score (nSPS) is 12.0. The predicted octanol–water partition coefficient (Wildman–Crippen LogP) is 9.39. The van der Waals surface area contributed by atoms with E-state index in [9.17, 15) is 9.59 Å². The Hall–Kier alpha value is -3.73. The van der Waals surface area contributed by atoms with Crippen LogP contribution in [-0.2, 0) is 17.6 Å². The summed E-state index contributed by atoms with van der Waals surface area (Å²) >= 11 is 0. The van der Waals surface area contributed by atoms with Gasteiger partial charge in [0.2, 0.25) is 5.91 Å². The van der Waals surface area contributed by atoms with Crippen LogP contribution in [-0.4, -0.2) is 26.9 Å². The molecule has 0 bridgehead atoms. The smallest absolute Gasteiger partial charge is 0.266 e. The molecule has 1 heterocycles. The molecule has 5 nitrogen and oxygen atoms in total. The molecule has 1 atom stereocenters. The summed E-state index contributed by atoms with van der Waals surface area (Å²) in [5.41, 5.74) is 3.77. The highest BCUT2D eigenvalue weighted by Gasteiger charge is 2.28. The zero-order valence-corrected chi connectivity index (χ0v) is 27.1. The fraction of sp³-hybridized carbons (Fsp3) is 0.462. The van der Waals surface area contributed by atoms with Crippen molar-refractivity contribution in [1.82, 2.24) is 14.5 Å². The number of benzene rings is 3. The van der Waals surface area contributed by atoms with E-state index in [1.807, 2.05) is 59.5 Å². The summed E-state index contributed by atoms with van der Waals surface area (Å²) in [5, 5.41) is 0.586. The van der Waals surface area contributed by atoms with Gasteiger partial charge in [0, 0.05) is 13.0 Å². The molecule has 0 radical (unpaired) electrons. The summed E-state index contributed by atoms with van der Waals surface area (Å²) < 4.78 is 1.75. The van der Waals surface area contributed by atoms with Gasteiger partial charge in [-0.25, -0.2) is 4.98 Å². The van der Waals surface area contributed by atoms with E-state index in [0.29, 0.717) is 36.1 Å². The van der Waals surface area contributed by atoms with Gasteiger partial charge in [-0.3, -0.25) is 14.2 Å². The molecule has 4 aromatic rings. The first-order valence-electron chi connectivity index (χ1n) is 17.0. The standard InChI is InChI=1S/C39H51N3O2/c1-4-7-8-9-10-11-12-13-17-24-37(43)41(30-29-32-20-15-14-16-21-32)36(6-3)38-40-35-23-19-18-22-34(35)39(44)42(38)33-27-25-31(5-2)26-28-33/h14-16,18-23,25-28,36H,4-13,17,24,29-30H2,1-3H3. The van der Waals surface area contributed by atoms with Crippen molar-refractivity contribution in [3.63, 3.8) is 0 Å². The maximum atomic E-state index is 14.1. The summed E-state index contributed by atoms with van der Waals surface area (Å²) in [6.45, 7) is 7.05. The minimum Gasteiger partial charge on any atom is -0.332 e. The molecule has 5 heteroatoms. The van der Waals surface area contributed by atoms with Gasteiger partial charge in [0.15, 0.2) is 0 Å². The molecule has 44 heavy (non-hydrogen) atoms. The number of amides is 1. The van der Waals surface area contributed by atoms with E-state index in [1.165, 1.54) is 56.1 Å². The Morgan fingerprint density at radius 1 is 0.750 bits per heavy atom. The summed E-state index contributed by atoms with van der Waals surface area (Å²) in [7, 11) is 0. The van der Waals surface area contributed by atoms with Crippen LogP contribution in [0.1, 0.15) is 114 Å². The Balaban J connectivity index is 1.63. The molecule has 3 aromatic carbocycles. The fourth-order valence-corrected chi connectivity index (χ4v) is 6.13. The molecule has 0 fully saturated rings. The molecular formula is C39H51N3O2. The van der Waals surface area contributed by atoms with Crippen LogP contribution in [0.15, 0.2) is 83.7 Å². The number of unbranched alkanes of at least 4 members (excludes halogenated alkanes) is 8. The first-order chi connectivity index (χ1) is 21.6. The van der Waals surface area contributed by atoms with E-state index in [4.69, 9.17) is 4.98 Å². The van der Waals surface area contributed by atoms with Gasteiger partial charge in [-0.15, -0.1) is 0 Å². The number of carbonyl (C=O) groups is 1. The third-order valence-electron chi connectivity index (χ3n) is 8.76. The van der Waals surface area contributed by atoms with E-state index in [-0.39, 0.29) is 17.5 Å². The minimum absolute atomic E-state index is 0.0947. The van der Waals surface area contributed by atoms with Crippen LogP contribution >= 0.6 is 0 Å². The number of carbonyl (C=O) groups excluding carboxylic acids is 1. The van der Waals surface area contributed by atoms with Gasteiger partial charge in [0.25, 0.3) is 5.56 Å². The molecular weight excluding hydrogens is 542 g/mol. The van der Waals surface area contributed by atoms with Crippen LogP contribution in [0.2, 0.25) is 0 Å². The average Bonchev–Trinajstić information content (AvgIpc) is 3.06. The lowest BCUT2D eigenvalue weighted by molar-refractivity contribution is -0.134. The molecule has 1 amide bonds. The Morgan fingerprint density at radius 3 is 2.05 bits per heavy atom. The minimum atomic E-state index is -0.326. The first-order valence-corrected chi connectivity index (χ1v) is 17.0. The fourth-order valence-electron chi connectivity index (χ4n) is 6.13. The Labute approximate surface area is 264 Å². The lowest BCUT2D eigenvalue weighted by atomic mass is 10.0. The molecule has 0 saturated carbocycles.